The van der Waals surface area contributed by atoms with Gasteiger partial charge in [-0.05, 0) is 30.7 Å². The third kappa shape index (κ3) is 8.51. The molecule has 0 aliphatic heterocycles. The van der Waals surface area contributed by atoms with Crippen LogP contribution in [0.2, 0.25) is 0 Å². The van der Waals surface area contributed by atoms with Crippen molar-refractivity contribution < 1.29 is 9.59 Å². The SMILES string of the molecule is Cc1ccccc1N=Nc1ccccc1.N=C=O.N=C=O. The second-order valence-electron chi connectivity index (χ2n) is 3.53. The monoisotopic (exact) mass is 282 g/mol. The van der Waals surface area contributed by atoms with Gasteiger partial charge in [0.25, 0.3) is 0 Å². The molecule has 0 unspecified atom stereocenters. The van der Waals surface area contributed by atoms with Crippen molar-refractivity contribution in [3.63, 3.8) is 0 Å². The molecule has 0 radical (unpaired) electrons. The van der Waals surface area contributed by atoms with Crippen LogP contribution < -0.4 is 0 Å². The number of nitrogens with zero attached hydrogens (tertiary/aromatic N) is 2. The first-order valence-electron chi connectivity index (χ1n) is 5.79. The fourth-order valence-electron chi connectivity index (χ4n) is 1.28. The molecule has 2 aromatic carbocycles. The molecule has 0 saturated carbocycles. The molecule has 21 heavy (non-hydrogen) atoms. The maximum absolute atomic E-state index is 8.35. The van der Waals surface area contributed by atoms with E-state index >= 15 is 0 Å². The first-order valence-corrected chi connectivity index (χ1v) is 5.79. The highest BCUT2D eigenvalue weighted by Gasteiger charge is 1.93. The van der Waals surface area contributed by atoms with Gasteiger partial charge in [0.1, 0.15) is 0 Å². The minimum atomic E-state index is 0.750. The molecule has 2 N–H and O–H groups in total. The van der Waals surface area contributed by atoms with E-state index in [-0.39, 0.29) is 0 Å². The molecule has 0 saturated heterocycles. The van der Waals surface area contributed by atoms with E-state index in [1.807, 2.05) is 61.5 Å². The molecule has 6 heteroatoms. The molecule has 2 aromatic rings. The predicted octanol–water partition coefficient (Wildman–Crippen LogP) is 4.21. The van der Waals surface area contributed by atoms with Gasteiger partial charge in [-0.3, -0.25) is 0 Å². The fraction of sp³-hybridized carbons (Fsp3) is 0.0667. The van der Waals surface area contributed by atoms with Crippen LogP contribution in [0, 0.1) is 17.7 Å². The summed E-state index contributed by atoms with van der Waals surface area (Å²) < 4.78 is 0. The molecule has 2 rings (SSSR count). The summed E-state index contributed by atoms with van der Waals surface area (Å²) in [6, 6.07) is 17.7. The molecule has 0 atom stereocenters. The van der Waals surface area contributed by atoms with E-state index in [0.29, 0.717) is 0 Å². The first-order chi connectivity index (χ1) is 10.2. The first kappa shape index (κ1) is 17.8. The molecule has 0 bridgehead atoms. The molecule has 0 fully saturated rings. The Morgan fingerprint density at radius 1 is 0.810 bits per heavy atom. The number of rotatable bonds is 2. The number of carbonyl (C=O) groups excluding carboxylic acids is 2. The van der Waals surface area contributed by atoms with Crippen LogP contribution in [-0.2, 0) is 9.59 Å². The molecule has 6 nitrogen and oxygen atoms in total. The maximum Gasteiger partial charge on any atom is 0.231 e. The van der Waals surface area contributed by atoms with E-state index < -0.39 is 0 Å². The van der Waals surface area contributed by atoms with Gasteiger partial charge in [0.15, 0.2) is 0 Å². The zero-order valence-corrected chi connectivity index (χ0v) is 11.4. The second-order valence-corrected chi connectivity index (χ2v) is 3.53. The topological polar surface area (TPSA) is 107 Å². The minimum Gasteiger partial charge on any atom is -0.222 e. The number of benzene rings is 2. The fourth-order valence-corrected chi connectivity index (χ4v) is 1.28. The highest BCUT2D eigenvalue weighted by Crippen LogP contribution is 2.20. The van der Waals surface area contributed by atoms with Crippen molar-refractivity contribution in [2.75, 3.05) is 0 Å². The second kappa shape index (κ2) is 11.9. The minimum absolute atomic E-state index is 0.750. The largest absolute Gasteiger partial charge is 0.231 e. The van der Waals surface area contributed by atoms with Crippen LogP contribution in [0.3, 0.4) is 0 Å². The van der Waals surface area contributed by atoms with Gasteiger partial charge in [0.2, 0.25) is 12.2 Å². The van der Waals surface area contributed by atoms with Crippen LogP contribution in [0.25, 0.3) is 0 Å². The van der Waals surface area contributed by atoms with Crippen molar-refractivity contribution in [3.05, 3.63) is 60.2 Å². The lowest BCUT2D eigenvalue weighted by atomic mass is 10.2. The molecular weight excluding hydrogens is 268 g/mol. The standard InChI is InChI=1S/C13H12N2.2CHNO/c1-11-7-5-6-10-13(11)15-14-12-8-3-2-4-9-12;2*2-1-3/h2-10H,1H3;2*2H. The Hall–Kier alpha value is -3.20. The van der Waals surface area contributed by atoms with E-state index in [4.69, 9.17) is 20.4 Å². The Bertz CT molecular complexity index is 615. The van der Waals surface area contributed by atoms with Crippen LogP contribution in [-0.4, -0.2) is 12.2 Å². The normalized spacial score (nSPS) is 8.43. The molecule has 0 aliphatic rings. The number of isocyanates is 2. The number of nitrogens with one attached hydrogen (secondary N) is 2. The lowest BCUT2D eigenvalue weighted by Crippen LogP contribution is -1.70. The summed E-state index contributed by atoms with van der Waals surface area (Å²) in [7, 11) is 0. The summed E-state index contributed by atoms with van der Waals surface area (Å²) in [4.78, 5) is 16.7. The zero-order chi connectivity index (χ0) is 15.9. The van der Waals surface area contributed by atoms with E-state index in [1.54, 1.807) is 0 Å². The van der Waals surface area contributed by atoms with Crippen LogP contribution in [0.5, 0.6) is 0 Å². The van der Waals surface area contributed by atoms with Gasteiger partial charge in [-0.2, -0.15) is 10.2 Å². The van der Waals surface area contributed by atoms with Gasteiger partial charge in [-0.15, -0.1) is 0 Å². The van der Waals surface area contributed by atoms with Crippen LogP contribution >= 0.6 is 0 Å². The Morgan fingerprint density at radius 3 is 1.81 bits per heavy atom. The lowest BCUT2D eigenvalue weighted by molar-refractivity contribution is 0.562. The Kier molecular flexibility index (Phi) is 10.1. The molecule has 0 spiro atoms. The van der Waals surface area contributed by atoms with E-state index in [9.17, 15) is 0 Å². The summed E-state index contributed by atoms with van der Waals surface area (Å²) in [5.74, 6) is 0. The highest BCUT2D eigenvalue weighted by molar-refractivity contribution is 5.45. The summed E-state index contributed by atoms with van der Waals surface area (Å²) >= 11 is 0. The summed E-state index contributed by atoms with van der Waals surface area (Å²) in [6.45, 7) is 2.03. The smallest absolute Gasteiger partial charge is 0.222 e. The molecule has 0 aromatic heterocycles. The van der Waals surface area contributed by atoms with Crippen molar-refractivity contribution in [1.29, 1.82) is 10.8 Å². The van der Waals surface area contributed by atoms with Crippen molar-refractivity contribution >= 4 is 23.5 Å². The Morgan fingerprint density at radius 2 is 1.29 bits per heavy atom. The molecule has 0 aliphatic carbocycles. The average molecular weight is 282 g/mol. The molecule has 0 amide bonds. The molecular formula is C15H14N4O2. The van der Waals surface area contributed by atoms with Crippen molar-refractivity contribution in [1.82, 2.24) is 0 Å². The van der Waals surface area contributed by atoms with Gasteiger partial charge < -0.3 is 0 Å². The third-order valence-electron chi connectivity index (χ3n) is 2.14. The summed E-state index contributed by atoms with van der Waals surface area (Å²) in [6.07, 6.45) is 1.50. The number of aryl methyl sites for hydroxylation is 1. The summed E-state index contributed by atoms with van der Waals surface area (Å²) in [5.41, 5.74) is 2.93. The van der Waals surface area contributed by atoms with Crippen LogP contribution in [0.1, 0.15) is 5.56 Å². The van der Waals surface area contributed by atoms with Gasteiger partial charge in [0.05, 0.1) is 11.4 Å². The number of hydrogen-bond acceptors (Lipinski definition) is 6. The Balaban J connectivity index is 0.000000578. The average Bonchev–Trinajstić information content (AvgIpc) is 2.49. The van der Waals surface area contributed by atoms with E-state index in [2.05, 4.69) is 10.2 Å². The number of azo groups is 1. The van der Waals surface area contributed by atoms with Crippen molar-refractivity contribution in [2.45, 2.75) is 6.92 Å². The van der Waals surface area contributed by atoms with Gasteiger partial charge >= 0.3 is 0 Å². The molecule has 106 valence electrons. The van der Waals surface area contributed by atoms with E-state index in [0.717, 1.165) is 29.1 Å². The van der Waals surface area contributed by atoms with E-state index in [1.165, 1.54) is 0 Å². The molecule has 0 heterocycles. The number of hydrogen-bond donors (Lipinski definition) is 2. The Labute approximate surface area is 122 Å². The lowest BCUT2D eigenvalue weighted by Gasteiger charge is -1.96. The van der Waals surface area contributed by atoms with Crippen LogP contribution in [0.15, 0.2) is 64.8 Å². The maximum atomic E-state index is 8.35. The third-order valence-corrected chi connectivity index (χ3v) is 2.14. The van der Waals surface area contributed by atoms with Crippen molar-refractivity contribution in [3.8, 4) is 0 Å². The van der Waals surface area contributed by atoms with Gasteiger partial charge in [0, 0.05) is 0 Å². The zero-order valence-electron chi connectivity index (χ0n) is 11.4. The summed E-state index contributed by atoms with van der Waals surface area (Å²) in [5, 5.41) is 19.2. The van der Waals surface area contributed by atoms with Gasteiger partial charge in [-0.25, -0.2) is 20.4 Å². The quantitative estimate of drug-likeness (QED) is 0.489. The van der Waals surface area contributed by atoms with Crippen molar-refractivity contribution in [2.24, 2.45) is 10.2 Å². The van der Waals surface area contributed by atoms with Gasteiger partial charge in [-0.1, -0.05) is 36.4 Å². The predicted molar refractivity (Wildman–Crippen MR) is 78.6 cm³/mol. The highest BCUT2D eigenvalue weighted by atomic mass is 16.1. The van der Waals surface area contributed by atoms with Crippen LogP contribution in [0.4, 0.5) is 11.4 Å².